The van der Waals surface area contributed by atoms with E-state index < -0.39 is 9.84 Å². The first-order chi connectivity index (χ1) is 6.99. The van der Waals surface area contributed by atoms with E-state index in [4.69, 9.17) is 5.84 Å². The van der Waals surface area contributed by atoms with Crippen LogP contribution in [0.5, 0.6) is 0 Å². The number of hydrogen-bond donors (Lipinski definition) is 2. The van der Waals surface area contributed by atoms with E-state index in [1.165, 1.54) is 12.1 Å². The summed E-state index contributed by atoms with van der Waals surface area (Å²) in [5.41, 5.74) is 3.17. The lowest BCUT2D eigenvalue weighted by Crippen LogP contribution is -2.30. The highest BCUT2D eigenvalue weighted by atomic mass is 32.2. The normalized spacial score (nSPS) is 12.6. The SMILES string of the molecule is CN=C(NN)c1ccc(S(C)(=O)=O)cc1. The minimum absolute atomic E-state index is 0.277. The van der Waals surface area contributed by atoms with Gasteiger partial charge in [0, 0.05) is 18.9 Å². The molecule has 0 bridgehead atoms. The summed E-state index contributed by atoms with van der Waals surface area (Å²) in [5.74, 6) is 5.75. The summed E-state index contributed by atoms with van der Waals surface area (Å²) in [6.45, 7) is 0. The molecule has 1 rings (SSSR count). The number of hydrogen-bond acceptors (Lipinski definition) is 4. The second-order valence-corrected chi connectivity index (χ2v) is 5.03. The molecule has 5 nitrogen and oxygen atoms in total. The average Bonchev–Trinajstić information content (AvgIpc) is 2.19. The van der Waals surface area contributed by atoms with Crippen molar-refractivity contribution in [3.8, 4) is 0 Å². The van der Waals surface area contributed by atoms with Crippen LogP contribution in [0.3, 0.4) is 0 Å². The molecule has 0 unspecified atom stereocenters. The number of nitrogens with zero attached hydrogens (tertiary/aromatic N) is 1. The Morgan fingerprint density at radius 1 is 1.33 bits per heavy atom. The van der Waals surface area contributed by atoms with Gasteiger partial charge in [-0.3, -0.25) is 4.99 Å². The second-order valence-electron chi connectivity index (χ2n) is 3.01. The van der Waals surface area contributed by atoms with E-state index in [0.717, 1.165) is 11.8 Å². The van der Waals surface area contributed by atoms with Gasteiger partial charge in [0.2, 0.25) is 0 Å². The van der Waals surface area contributed by atoms with Crippen LogP contribution in [0.25, 0.3) is 0 Å². The van der Waals surface area contributed by atoms with Gasteiger partial charge in [0.15, 0.2) is 9.84 Å². The minimum Gasteiger partial charge on any atom is -0.308 e. The van der Waals surface area contributed by atoms with Gasteiger partial charge in [0.25, 0.3) is 0 Å². The summed E-state index contributed by atoms with van der Waals surface area (Å²) in [4.78, 5) is 4.18. The zero-order valence-electron chi connectivity index (χ0n) is 8.56. The molecule has 0 saturated carbocycles. The third-order valence-electron chi connectivity index (χ3n) is 1.92. The molecule has 82 valence electrons. The monoisotopic (exact) mass is 227 g/mol. The third kappa shape index (κ3) is 2.77. The van der Waals surface area contributed by atoms with Crippen LogP contribution in [0.1, 0.15) is 5.56 Å². The molecule has 0 aliphatic rings. The van der Waals surface area contributed by atoms with E-state index in [0.29, 0.717) is 5.84 Å². The third-order valence-corrected chi connectivity index (χ3v) is 3.04. The van der Waals surface area contributed by atoms with Crippen molar-refractivity contribution in [2.45, 2.75) is 4.90 Å². The van der Waals surface area contributed by atoms with Crippen LogP contribution < -0.4 is 11.3 Å². The Kier molecular flexibility index (Phi) is 3.43. The topological polar surface area (TPSA) is 84.5 Å². The van der Waals surface area contributed by atoms with Crippen molar-refractivity contribution in [3.63, 3.8) is 0 Å². The van der Waals surface area contributed by atoms with E-state index in [1.54, 1.807) is 19.2 Å². The summed E-state index contributed by atoms with van der Waals surface area (Å²) in [5, 5.41) is 0. The van der Waals surface area contributed by atoms with Crippen molar-refractivity contribution in [1.29, 1.82) is 0 Å². The number of hydrazine groups is 1. The van der Waals surface area contributed by atoms with Gasteiger partial charge < -0.3 is 5.43 Å². The fourth-order valence-electron chi connectivity index (χ4n) is 1.14. The number of sulfone groups is 1. The van der Waals surface area contributed by atoms with Gasteiger partial charge in [-0.2, -0.15) is 0 Å². The van der Waals surface area contributed by atoms with Gasteiger partial charge in [-0.05, 0) is 24.3 Å². The van der Waals surface area contributed by atoms with Crippen LogP contribution in [0, 0.1) is 0 Å². The largest absolute Gasteiger partial charge is 0.308 e. The molecule has 0 amide bonds. The summed E-state index contributed by atoms with van der Waals surface area (Å²) in [6, 6.07) is 6.34. The van der Waals surface area contributed by atoms with Crippen LogP contribution in [0.4, 0.5) is 0 Å². The zero-order chi connectivity index (χ0) is 11.5. The molecule has 0 aliphatic heterocycles. The maximum absolute atomic E-state index is 11.2. The van der Waals surface area contributed by atoms with Crippen molar-refractivity contribution in [2.75, 3.05) is 13.3 Å². The van der Waals surface area contributed by atoms with Crippen LogP contribution in [-0.4, -0.2) is 27.6 Å². The molecule has 0 aromatic heterocycles. The lowest BCUT2D eigenvalue weighted by atomic mass is 10.2. The second kappa shape index (κ2) is 4.41. The number of nitrogens with two attached hydrogens (primary N) is 1. The molecular formula is C9H13N3O2S. The Balaban J connectivity index is 3.11. The maximum atomic E-state index is 11.2. The highest BCUT2D eigenvalue weighted by Gasteiger charge is 2.07. The Hall–Kier alpha value is -1.40. The fraction of sp³-hybridized carbons (Fsp3) is 0.222. The first-order valence-corrected chi connectivity index (χ1v) is 6.12. The van der Waals surface area contributed by atoms with Crippen molar-refractivity contribution in [1.82, 2.24) is 5.43 Å². The zero-order valence-corrected chi connectivity index (χ0v) is 9.38. The molecule has 0 fully saturated rings. The molecule has 0 aliphatic carbocycles. The quantitative estimate of drug-likeness (QED) is 0.320. The first kappa shape index (κ1) is 11.7. The fourth-order valence-corrected chi connectivity index (χ4v) is 1.77. The average molecular weight is 227 g/mol. The molecule has 0 spiro atoms. The molecule has 6 heteroatoms. The molecule has 0 atom stereocenters. The predicted octanol–water partition coefficient (Wildman–Crippen LogP) is -0.0702. The molecule has 3 N–H and O–H groups in total. The molecule has 0 heterocycles. The summed E-state index contributed by atoms with van der Waals surface area (Å²) < 4.78 is 22.4. The summed E-state index contributed by atoms with van der Waals surface area (Å²) in [6.07, 6.45) is 1.16. The number of amidine groups is 1. The molecule has 0 radical (unpaired) electrons. The van der Waals surface area contributed by atoms with Gasteiger partial charge in [-0.1, -0.05) is 0 Å². The van der Waals surface area contributed by atoms with Crippen molar-refractivity contribution in [3.05, 3.63) is 29.8 Å². The lowest BCUT2D eigenvalue weighted by molar-refractivity contribution is 0.602. The van der Waals surface area contributed by atoms with Crippen LogP contribution in [0.2, 0.25) is 0 Å². The van der Waals surface area contributed by atoms with E-state index in [-0.39, 0.29) is 4.90 Å². The first-order valence-electron chi connectivity index (χ1n) is 4.23. The Morgan fingerprint density at radius 2 is 1.87 bits per heavy atom. The Labute approximate surface area is 88.9 Å². The van der Waals surface area contributed by atoms with Crippen molar-refractivity contribution in [2.24, 2.45) is 10.8 Å². The number of rotatable bonds is 2. The van der Waals surface area contributed by atoms with E-state index >= 15 is 0 Å². The van der Waals surface area contributed by atoms with Crippen LogP contribution in [-0.2, 0) is 9.84 Å². The molecule has 1 aromatic carbocycles. The van der Waals surface area contributed by atoms with E-state index in [1.807, 2.05) is 0 Å². The summed E-state index contributed by atoms with van der Waals surface area (Å²) >= 11 is 0. The Morgan fingerprint density at radius 3 is 2.20 bits per heavy atom. The van der Waals surface area contributed by atoms with Gasteiger partial charge in [0.05, 0.1) is 4.90 Å². The maximum Gasteiger partial charge on any atom is 0.175 e. The van der Waals surface area contributed by atoms with E-state index in [9.17, 15) is 8.42 Å². The molecule has 0 saturated heterocycles. The van der Waals surface area contributed by atoms with Crippen LogP contribution in [0.15, 0.2) is 34.2 Å². The van der Waals surface area contributed by atoms with Gasteiger partial charge in [-0.25, -0.2) is 14.3 Å². The van der Waals surface area contributed by atoms with Crippen molar-refractivity contribution < 1.29 is 8.42 Å². The smallest absolute Gasteiger partial charge is 0.175 e. The van der Waals surface area contributed by atoms with E-state index in [2.05, 4.69) is 10.4 Å². The number of benzene rings is 1. The standard InChI is InChI=1S/C9H13N3O2S/c1-11-9(12-10)7-3-5-8(6-4-7)15(2,13)14/h3-6H,10H2,1-2H3,(H,11,12). The Bertz CT molecular complexity index is 463. The van der Waals surface area contributed by atoms with Gasteiger partial charge in [0.1, 0.15) is 5.84 Å². The van der Waals surface area contributed by atoms with Crippen LogP contribution >= 0.6 is 0 Å². The van der Waals surface area contributed by atoms with Crippen molar-refractivity contribution >= 4 is 15.7 Å². The molecule has 15 heavy (non-hydrogen) atoms. The van der Waals surface area contributed by atoms with Gasteiger partial charge in [-0.15, -0.1) is 0 Å². The molecule has 1 aromatic rings. The number of aliphatic imine (C=N–C) groups is 1. The minimum atomic E-state index is -3.15. The predicted molar refractivity (Wildman–Crippen MR) is 59.3 cm³/mol. The number of nitrogens with one attached hydrogen (secondary N) is 1. The lowest BCUT2D eigenvalue weighted by Gasteiger charge is -2.05. The summed E-state index contributed by atoms with van der Waals surface area (Å²) in [7, 11) is -1.55. The highest BCUT2D eigenvalue weighted by molar-refractivity contribution is 7.90. The van der Waals surface area contributed by atoms with Gasteiger partial charge >= 0.3 is 0 Å². The molecular weight excluding hydrogens is 214 g/mol. The highest BCUT2D eigenvalue weighted by Crippen LogP contribution is 2.10.